The fourth-order valence-corrected chi connectivity index (χ4v) is 3.19. The molecule has 0 aromatic heterocycles. The van der Waals surface area contributed by atoms with Crippen molar-refractivity contribution in [3.05, 3.63) is 107 Å². The molecule has 6 heteroatoms. The van der Waals surface area contributed by atoms with Crippen molar-refractivity contribution in [3.8, 4) is 0 Å². The molecule has 0 atom stereocenters. The molecule has 0 saturated carbocycles. The van der Waals surface area contributed by atoms with E-state index in [-0.39, 0.29) is 30.1 Å². The monoisotopic (exact) mass is 492 g/mol. The Balaban J connectivity index is 0.000000302. The molecule has 1 aliphatic carbocycles. The second kappa shape index (κ2) is 12.8. The molecule has 4 rings (SSSR count). The molecule has 1 aliphatic heterocycles. The Morgan fingerprint density at radius 3 is 2.10 bits per heavy atom. The molecule has 30 heavy (non-hydrogen) atoms. The average molecular weight is 492 g/mol. The average Bonchev–Trinajstić information content (AvgIpc) is 3.17. The summed E-state index contributed by atoms with van der Waals surface area (Å²) in [5.41, 5.74) is 2.32. The summed E-state index contributed by atoms with van der Waals surface area (Å²) in [6.07, 6.45) is 18.0. The zero-order valence-electron chi connectivity index (χ0n) is 16.9. The first kappa shape index (κ1) is 23.6. The van der Waals surface area contributed by atoms with E-state index < -0.39 is 0 Å². The number of nitro benzene ring substituents is 1. The van der Waals surface area contributed by atoms with Crippen LogP contribution in [-0.4, -0.2) is 16.5 Å². The van der Waals surface area contributed by atoms with Gasteiger partial charge in [0.1, 0.15) is 0 Å². The van der Waals surface area contributed by atoms with Crippen molar-refractivity contribution in [3.63, 3.8) is 0 Å². The Morgan fingerprint density at radius 1 is 0.867 bits per heavy atom. The zero-order chi connectivity index (χ0) is 20.3. The Labute approximate surface area is 191 Å². The molecule has 0 fully saturated rings. The molecule has 0 bridgehead atoms. The topological polar surface area (TPSA) is 49.6 Å². The van der Waals surface area contributed by atoms with Crippen LogP contribution in [0, 0.1) is 10.1 Å². The van der Waals surface area contributed by atoms with Crippen LogP contribution in [0.5, 0.6) is 0 Å². The Bertz CT molecular complexity index is 850. The van der Waals surface area contributed by atoms with Crippen LogP contribution in [0.25, 0.3) is 0 Å². The molecular formula is C24H27N3O2Rh. The van der Waals surface area contributed by atoms with Gasteiger partial charge in [0, 0.05) is 56.2 Å². The van der Waals surface area contributed by atoms with Crippen LogP contribution in [0.1, 0.15) is 31.2 Å². The number of benzene rings is 2. The smallest absolute Gasteiger partial charge is 0.269 e. The van der Waals surface area contributed by atoms with Crippen LogP contribution in [0.4, 0.5) is 11.4 Å². The van der Waals surface area contributed by atoms with Crippen molar-refractivity contribution >= 4 is 11.4 Å². The van der Waals surface area contributed by atoms with Crippen LogP contribution in [0.15, 0.2) is 91.3 Å². The van der Waals surface area contributed by atoms with Gasteiger partial charge in [-0.25, -0.2) is 0 Å². The van der Waals surface area contributed by atoms with Gasteiger partial charge in [-0.15, -0.1) is 0 Å². The number of rotatable bonds is 4. The van der Waals surface area contributed by atoms with Crippen molar-refractivity contribution in [1.82, 2.24) is 4.90 Å². The molecule has 2 aromatic rings. The maximum Gasteiger partial charge on any atom is 0.269 e. The maximum atomic E-state index is 10.7. The van der Waals surface area contributed by atoms with E-state index in [0.29, 0.717) is 0 Å². The SMILES string of the molecule is C1=C\CCCC\C=C/1.O=[N+]([O-])c1ccc(N2C=CN(Cc3ccccc3)C2)cc1.[Rh]. The van der Waals surface area contributed by atoms with Crippen molar-refractivity contribution in [2.45, 2.75) is 32.2 Å². The van der Waals surface area contributed by atoms with Crippen LogP contribution >= 0.6 is 0 Å². The van der Waals surface area contributed by atoms with Crippen LogP contribution in [0.2, 0.25) is 0 Å². The summed E-state index contributed by atoms with van der Waals surface area (Å²) in [6, 6.07) is 16.9. The predicted octanol–water partition coefficient (Wildman–Crippen LogP) is 6.02. The molecule has 2 aromatic carbocycles. The van der Waals surface area contributed by atoms with Crippen LogP contribution in [-0.2, 0) is 26.0 Å². The molecular weight excluding hydrogens is 465 g/mol. The fourth-order valence-electron chi connectivity index (χ4n) is 3.19. The number of nitro groups is 1. The summed E-state index contributed by atoms with van der Waals surface area (Å²) in [5.74, 6) is 0. The van der Waals surface area contributed by atoms with Gasteiger partial charge in [0.15, 0.2) is 0 Å². The van der Waals surface area contributed by atoms with Crippen molar-refractivity contribution in [1.29, 1.82) is 0 Å². The number of nitrogens with zero attached hydrogens (tertiary/aromatic N) is 3. The third-order valence-electron chi connectivity index (χ3n) is 4.79. The summed E-state index contributed by atoms with van der Waals surface area (Å²) < 4.78 is 0. The van der Waals surface area contributed by atoms with E-state index in [2.05, 4.69) is 46.2 Å². The van der Waals surface area contributed by atoms with Gasteiger partial charge in [-0.3, -0.25) is 10.1 Å². The largest absolute Gasteiger partial charge is 0.354 e. The minimum Gasteiger partial charge on any atom is -0.354 e. The molecule has 1 radical (unpaired) electrons. The van der Waals surface area contributed by atoms with Crippen molar-refractivity contribution in [2.24, 2.45) is 0 Å². The summed E-state index contributed by atoms with van der Waals surface area (Å²) in [4.78, 5) is 14.5. The Hall–Kier alpha value is -2.72. The Morgan fingerprint density at radius 2 is 1.50 bits per heavy atom. The van der Waals surface area contributed by atoms with Gasteiger partial charge in [0.05, 0.1) is 11.6 Å². The van der Waals surface area contributed by atoms with Gasteiger partial charge < -0.3 is 9.80 Å². The van der Waals surface area contributed by atoms with Gasteiger partial charge in [0.25, 0.3) is 5.69 Å². The van der Waals surface area contributed by atoms with Gasteiger partial charge in [-0.1, -0.05) is 54.6 Å². The molecule has 0 unspecified atom stereocenters. The normalized spacial score (nSPS) is 17.1. The van der Waals surface area contributed by atoms with Gasteiger partial charge in [-0.2, -0.15) is 0 Å². The second-order valence-electron chi connectivity index (χ2n) is 7.06. The van der Waals surface area contributed by atoms with E-state index in [1.165, 1.54) is 43.4 Å². The minimum absolute atomic E-state index is 0. The number of allylic oxidation sites excluding steroid dienone is 4. The van der Waals surface area contributed by atoms with Crippen molar-refractivity contribution < 1.29 is 24.4 Å². The first-order chi connectivity index (χ1) is 14.2. The molecule has 0 saturated heterocycles. The maximum absolute atomic E-state index is 10.7. The quantitative estimate of drug-likeness (QED) is 0.298. The molecule has 2 aliphatic rings. The van der Waals surface area contributed by atoms with Crippen molar-refractivity contribution in [2.75, 3.05) is 11.6 Å². The molecule has 159 valence electrons. The zero-order valence-corrected chi connectivity index (χ0v) is 18.5. The van der Waals surface area contributed by atoms with Gasteiger partial charge in [-0.05, 0) is 43.4 Å². The van der Waals surface area contributed by atoms with E-state index in [4.69, 9.17) is 0 Å². The second-order valence-corrected chi connectivity index (χ2v) is 7.06. The van der Waals surface area contributed by atoms with E-state index in [0.717, 1.165) is 18.9 Å². The molecule has 1 heterocycles. The number of hydrogen-bond donors (Lipinski definition) is 0. The molecule has 0 amide bonds. The van der Waals surface area contributed by atoms with E-state index in [1.54, 1.807) is 12.1 Å². The van der Waals surface area contributed by atoms with E-state index >= 15 is 0 Å². The summed E-state index contributed by atoms with van der Waals surface area (Å²) >= 11 is 0. The predicted molar refractivity (Wildman–Crippen MR) is 118 cm³/mol. The standard InChI is InChI=1S/C16H15N3O2.C8H12.Rh/c20-19(21)16-8-6-15(7-9-16)18-11-10-17(13-18)12-14-4-2-1-3-5-14;1-2-4-6-8-7-5-3-1;/h1-11H,12-13H2;1-4H,5-8H2;/b;3-1-,4-2-;. The van der Waals surface area contributed by atoms with Crippen LogP contribution in [0.3, 0.4) is 0 Å². The van der Waals surface area contributed by atoms with E-state index in [9.17, 15) is 10.1 Å². The summed E-state index contributed by atoms with van der Waals surface area (Å²) in [5, 5.41) is 10.7. The van der Waals surface area contributed by atoms with Gasteiger partial charge >= 0.3 is 0 Å². The number of anilines is 1. The first-order valence-electron chi connectivity index (χ1n) is 10.0. The molecule has 0 N–H and O–H groups in total. The first-order valence-corrected chi connectivity index (χ1v) is 10.0. The third-order valence-corrected chi connectivity index (χ3v) is 4.79. The molecule has 0 spiro atoms. The van der Waals surface area contributed by atoms with Gasteiger partial charge in [0.2, 0.25) is 0 Å². The van der Waals surface area contributed by atoms with E-state index in [1.807, 2.05) is 30.6 Å². The minimum atomic E-state index is -0.384. The molecule has 5 nitrogen and oxygen atoms in total. The van der Waals surface area contributed by atoms with Crippen LogP contribution < -0.4 is 4.90 Å². The summed E-state index contributed by atoms with van der Waals surface area (Å²) in [6.45, 7) is 1.59. The summed E-state index contributed by atoms with van der Waals surface area (Å²) in [7, 11) is 0. The Kier molecular flexibility index (Phi) is 10.0. The number of non-ortho nitro benzene ring substituents is 1. The fraction of sp³-hybridized carbons (Fsp3) is 0.250. The number of hydrogen-bond acceptors (Lipinski definition) is 4. The third kappa shape index (κ3) is 7.60.